The molecule has 0 radical (unpaired) electrons. The second-order valence-corrected chi connectivity index (χ2v) is 6.00. The predicted molar refractivity (Wildman–Crippen MR) is 77.6 cm³/mol. The van der Waals surface area contributed by atoms with Crippen LogP contribution in [0.3, 0.4) is 0 Å². The lowest BCUT2D eigenvalue weighted by molar-refractivity contribution is -0.133. The van der Waals surface area contributed by atoms with Crippen LogP contribution < -0.4 is 0 Å². The summed E-state index contributed by atoms with van der Waals surface area (Å²) in [5.41, 5.74) is 1.01. The van der Waals surface area contributed by atoms with E-state index >= 15 is 0 Å². The first-order chi connectivity index (χ1) is 10.2. The van der Waals surface area contributed by atoms with E-state index < -0.39 is 0 Å². The second-order valence-electron chi connectivity index (χ2n) is 6.00. The minimum atomic E-state index is -0.0778. The molecule has 0 aromatic carbocycles. The zero-order valence-corrected chi connectivity index (χ0v) is 12.5. The van der Waals surface area contributed by atoms with Crippen molar-refractivity contribution in [3.8, 4) is 0 Å². The van der Waals surface area contributed by atoms with E-state index in [9.17, 15) is 4.79 Å². The Labute approximate surface area is 125 Å². The normalized spacial score (nSPS) is 24.4. The van der Waals surface area contributed by atoms with Crippen LogP contribution in [0.15, 0.2) is 24.5 Å². The number of likely N-dealkylation sites (tertiary alicyclic amines) is 1. The fourth-order valence-electron chi connectivity index (χ4n) is 3.18. The number of piperidine rings is 1. The van der Waals surface area contributed by atoms with Gasteiger partial charge in [-0.15, -0.1) is 0 Å². The van der Waals surface area contributed by atoms with Crippen LogP contribution >= 0.6 is 0 Å². The third-order valence-corrected chi connectivity index (χ3v) is 4.50. The van der Waals surface area contributed by atoms with E-state index in [-0.39, 0.29) is 17.6 Å². The molecule has 2 fully saturated rings. The Kier molecular flexibility index (Phi) is 4.22. The van der Waals surface area contributed by atoms with Crippen molar-refractivity contribution in [1.29, 1.82) is 0 Å². The van der Waals surface area contributed by atoms with E-state index in [2.05, 4.69) is 4.98 Å². The number of carbonyl (C=O) groups excluding carboxylic acids is 1. The van der Waals surface area contributed by atoms with Crippen LogP contribution in [0.1, 0.15) is 31.7 Å². The third kappa shape index (κ3) is 3.41. The Morgan fingerprint density at radius 1 is 1.52 bits per heavy atom. The van der Waals surface area contributed by atoms with Crippen LogP contribution in [0.2, 0.25) is 0 Å². The van der Waals surface area contributed by atoms with Crippen molar-refractivity contribution in [3.63, 3.8) is 0 Å². The Morgan fingerprint density at radius 3 is 3.00 bits per heavy atom. The number of hydrogen-bond donors (Lipinski definition) is 0. The summed E-state index contributed by atoms with van der Waals surface area (Å²) in [6.45, 7) is 4.46. The van der Waals surface area contributed by atoms with E-state index in [0.29, 0.717) is 13.2 Å². The summed E-state index contributed by atoms with van der Waals surface area (Å²) in [5.74, 6) is 0.159. The number of ether oxygens (including phenoxy) is 2. The molecule has 3 heterocycles. The first-order valence-corrected chi connectivity index (χ1v) is 7.57. The van der Waals surface area contributed by atoms with Crippen LogP contribution in [-0.4, -0.2) is 47.2 Å². The summed E-state index contributed by atoms with van der Waals surface area (Å²) in [5, 5.41) is 0. The number of nitrogens with zero attached hydrogens (tertiary/aromatic N) is 2. The van der Waals surface area contributed by atoms with Crippen LogP contribution in [0.4, 0.5) is 0 Å². The van der Waals surface area contributed by atoms with Crippen LogP contribution in [0.5, 0.6) is 0 Å². The molecule has 3 rings (SSSR count). The van der Waals surface area contributed by atoms with Gasteiger partial charge in [-0.05, 0) is 24.5 Å². The largest absolute Gasteiger partial charge is 0.372 e. The monoisotopic (exact) mass is 290 g/mol. The van der Waals surface area contributed by atoms with Gasteiger partial charge in [0.05, 0.1) is 24.9 Å². The van der Waals surface area contributed by atoms with Gasteiger partial charge in [0.25, 0.3) is 0 Å². The number of carbonyl (C=O) groups is 1. The highest BCUT2D eigenvalue weighted by Gasteiger charge is 2.43. The van der Waals surface area contributed by atoms with Crippen molar-refractivity contribution in [3.05, 3.63) is 30.1 Å². The average molecular weight is 290 g/mol. The minimum absolute atomic E-state index is 0.0778. The highest BCUT2D eigenvalue weighted by Crippen LogP contribution is 2.37. The van der Waals surface area contributed by atoms with E-state index in [1.165, 1.54) is 0 Å². The lowest BCUT2D eigenvalue weighted by atomic mass is 9.88. The Morgan fingerprint density at radius 2 is 2.33 bits per heavy atom. The van der Waals surface area contributed by atoms with Crippen LogP contribution in [0.25, 0.3) is 0 Å². The lowest BCUT2D eigenvalue weighted by Gasteiger charge is -2.38. The zero-order valence-electron chi connectivity index (χ0n) is 12.5. The molecule has 1 unspecified atom stereocenters. The topological polar surface area (TPSA) is 51.7 Å². The Bertz CT molecular complexity index is 484. The maximum Gasteiger partial charge on any atom is 0.219 e. The van der Waals surface area contributed by atoms with Gasteiger partial charge < -0.3 is 14.4 Å². The maximum atomic E-state index is 11.4. The number of rotatable bonds is 3. The summed E-state index contributed by atoms with van der Waals surface area (Å²) in [6, 6.07) is 3.94. The van der Waals surface area contributed by atoms with E-state index in [1.54, 1.807) is 13.1 Å². The summed E-state index contributed by atoms with van der Waals surface area (Å²) in [7, 11) is 0. The third-order valence-electron chi connectivity index (χ3n) is 4.50. The zero-order chi connectivity index (χ0) is 14.7. The molecule has 5 heteroatoms. The summed E-state index contributed by atoms with van der Waals surface area (Å²) < 4.78 is 12.0. The lowest BCUT2D eigenvalue weighted by Crippen LogP contribution is -2.45. The minimum Gasteiger partial charge on any atom is -0.372 e. The molecule has 2 aliphatic heterocycles. The molecule has 0 bridgehead atoms. The molecule has 0 saturated carbocycles. The Hall–Kier alpha value is -1.46. The van der Waals surface area contributed by atoms with Crippen molar-refractivity contribution < 1.29 is 14.3 Å². The van der Waals surface area contributed by atoms with E-state index in [0.717, 1.165) is 37.9 Å². The van der Waals surface area contributed by atoms with E-state index in [4.69, 9.17) is 9.47 Å². The van der Waals surface area contributed by atoms with Crippen LogP contribution in [0, 0.1) is 0 Å². The number of aromatic nitrogens is 1. The highest BCUT2D eigenvalue weighted by atomic mass is 16.6. The van der Waals surface area contributed by atoms with Gasteiger partial charge in [0.2, 0.25) is 5.91 Å². The quantitative estimate of drug-likeness (QED) is 0.851. The molecular formula is C16H22N2O3. The molecule has 1 atom stereocenters. The van der Waals surface area contributed by atoms with Gasteiger partial charge in [-0.2, -0.15) is 0 Å². The van der Waals surface area contributed by atoms with Crippen molar-refractivity contribution in [1.82, 2.24) is 9.88 Å². The molecule has 1 spiro atoms. The molecule has 0 aliphatic carbocycles. The predicted octanol–water partition coefficient (Wildman–Crippen LogP) is 1.77. The molecule has 114 valence electrons. The van der Waals surface area contributed by atoms with E-state index in [1.807, 2.05) is 23.2 Å². The van der Waals surface area contributed by atoms with Gasteiger partial charge in [-0.3, -0.25) is 9.78 Å². The number of hydrogen-bond acceptors (Lipinski definition) is 4. The fourth-order valence-corrected chi connectivity index (χ4v) is 3.18. The van der Waals surface area contributed by atoms with Crippen LogP contribution in [-0.2, 0) is 20.9 Å². The fraction of sp³-hybridized carbons (Fsp3) is 0.625. The first-order valence-electron chi connectivity index (χ1n) is 7.57. The molecular weight excluding hydrogens is 268 g/mol. The average Bonchev–Trinajstić information content (AvgIpc) is 2.90. The molecule has 21 heavy (non-hydrogen) atoms. The highest BCUT2D eigenvalue weighted by molar-refractivity contribution is 5.73. The first kappa shape index (κ1) is 14.5. The van der Waals surface area contributed by atoms with Gasteiger partial charge in [-0.1, -0.05) is 6.07 Å². The number of pyridine rings is 1. The maximum absolute atomic E-state index is 11.4. The number of amides is 1. The molecule has 1 aromatic rings. The van der Waals surface area contributed by atoms with Crippen molar-refractivity contribution >= 4 is 5.91 Å². The summed E-state index contributed by atoms with van der Waals surface area (Å²) in [6.07, 6.45) is 6.50. The summed E-state index contributed by atoms with van der Waals surface area (Å²) in [4.78, 5) is 17.4. The van der Waals surface area contributed by atoms with Crippen molar-refractivity contribution in [2.45, 2.75) is 44.5 Å². The molecule has 0 N–H and O–H groups in total. The summed E-state index contributed by atoms with van der Waals surface area (Å²) >= 11 is 0. The standard InChI is InChI=1S/C16H22N2O3/c1-13(19)18-7-4-16(5-8-18)9-15(12-21-16)20-11-14-3-2-6-17-10-14/h2-3,6,10,15H,4-5,7-9,11-12H2,1H3. The van der Waals surface area contributed by atoms with Gasteiger partial charge in [-0.25, -0.2) is 0 Å². The van der Waals surface area contributed by atoms with Gasteiger partial charge in [0.1, 0.15) is 0 Å². The Balaban J connectivity index is 1.48. The van der Waals surface area contributed by atoms with Crippen molar-refractivity contribution in [2.24, 2.45) is 0 Å². The molecule has 2 aliphatic rings. The second kappa shape index (κ2) is 6.12. The smallest absolute Gasteiger partial charge is 0.219 e. The van der Waals surface area contributed by atoms with Gasteiger partial charge in [0.15, 0.2) is 0 Å². The molecule has 1 aromatic heterocycles. The molecule has 1 amide bonds. The van der Waals surface area contributed by atoms with Gasteiger partial charge in [0, 0.05) is 38.8 Å². The van der Waals surface area contributed by atoms with Gasteiger partial charge >= 0.3 is 0 Å². The van der Waals surface area contributed by atoms with Crippen molar-refractivity contribution in [2.75, 3.05) is 19.7 Å². The SMILES string of the molecule is CC(=O)N1CCC2(CC1)CC(OCc1cccnc1)CO2. The molecule has 2 saturated heterocycles. The molecule has 5 nitrogen and oxygen atoms in total.